The van der Waals surface area contributed by atoms with E-state index in [1.165, 1.54) is 33.5 Å². The zero-order valence-corrected chi connectivity index (χ0v) is 17.5. The molecule has 9 nitrogen and oxygen atoms in total. The Labute approximate surface area is 178 Å². The predicted octanol–water partition coefficient (Wildman–Crippen LogP) is 2.55. The van der Waals surface area contributed by atoms with Gasteiger partial charge in [0.25, 0.3) is 5.91 Å². The molecule has 0 heterocycles. The van der Waals surface area contributed by atoms with Gasteiger partial charge in [-0.15, -0.1) is 0 Å². The number of ether oxygens (including phenoxy) is 3. The highest BCUT2D eigenvalue weighted by molar-refractivity contribution is 6.33. The third-order valence-electron chi connectivity index (χ3n) is 3.97. The maximum atomic E-state index is 12.3. The minimum absolute atomic E-state index is 0.0862. The van der Waals surface area contributed by atoms with E-state index in [4.69, 9.17) is 25.8 Å². The van der Waals surface area contributed by atoms with Gasteiger partial charge in [-0.1, -0.05) is 23.7 Å². The summed E-state index contributed by atoms with van der Waals surface area (Å²) in [5.41, 5.74) is 5.18. The van der Waals surface area contributed by atoms with Gasteiger partial charge in [-0.2, -0.15) is 0 Å². The van der Waals surface area contributed by atoms with Crippen molar-refractivity contribution in [2.24, 2.45) is 0 Å². The molecular weight excluding hydrogens is 414 g/mol. The second-order valence-electron chi connectivity index (χ2n) is 5.94. The second-order valence-corrected chi connectivity index (χ2v) is 6.35. The van der Waals surface area contributed by atoms with E-state index in [1.807, 2.05) is 0 Å². The van der Waals surface area contributed by atoms with Crippen molar-refractivity contribution in [3.63, 3.8) is 0 Å². The van der Waals surface area contributed by atoms with Crippen molar-refractivity contribution in [2.75, 3.05) is 26.6 Å². The summed E-state index contributed by atoms with van der Waals surface area (Å²) in [5, 5.41) is 3.01. The predicted molar refractivity (Wildman–Crippen MR) is 111 cm³/mol. The average Bonchev–Trinajstić information content (AvgIpc) is 2.76. The van der Waals surface area contributed by atoms with Crippen LogP contribution in [-0.2, 0) is 9.59 Å². The molecule has 0 atom stereocenters. The molecule has 30 heavy (non-hydrogen) atoms. The van der Waals surface area contributed by atoms with Crippen LogP contribution in [0.15, 0.2) is 36.4 Å². The fourth-order valence-electron chi connectivity index (χ4n) is 2.48. The molecule has 0 aliphatic carbocycles. The quantitative estimate of drug-likeness (QED) is 0.549. The van der Waals surface area contributed by atoms with Crippen molar-refractivity contribution in [2.45, 2.75) is 12.8 Å². The molecule has 0 spiro atoms. The highest BCUT2D eigenvalue weighted by Crippen LogP contribution is 2.38. The highest BCUT2D eigenvalue weighted by Gasteiger charge is 2.17. The first-order chi connectivity index (χ1) is 14.4. The van der Waals surface area contributed by atoms with Gasteiger partial charge in [0.2, 0.25) is 17.6 Å². The van der Waals surface area contributed by atoms with Gasteiger partial charge < -0.3 is 19.5 Å². The van der Waals surface area contributed by atoms with Crippen LogP contribution in [0.25, 0.3) is 0 Å². The smallest absolute Gasteiger partial charge is 0.269 e. The Morgan fingerprint density at radius 1 is 0.867 bits per heavy atom. The van der Waals surface area contributed by atoms with Crippen LogP contribution >= 0.6 is 11.6 Å². The summed E-state index contributed by atoms with van der Waals surface area (Å²) in [6, 6.07) is 9.65. The topological polar surface area (TPSA) is 115 Å². The summed E-state index contributed by atoms with van der Waals surface area (Å²) in [6.45, 7) is 0. The van der Waals surface area contributed by atoms with Crippen LogP contribution in [0, 0.1) is 0 Å². The van der Waals surface area contributed by atoms with E-state index >= 15 is 0 Å². The Hall–Kier alpha value is -3.46. The second kappa shape index (κ2) is 10.9. The summed E-state index contributed by atoms with van der Waals surface area (Å²) in [6.07, 6.45) is -0.219. The monoisotopic (exact) mass is 435 g/mol. The lowest BCUT2D eigenvalue weighted by molar-refractivity contribution is -0.124. The minimum Gasteiger partial charge on any atom is -0.493 e. The van der Waals surface area contributed by atoms with Crippen LogP contribution in [0.5, 0.6) is 17.2 Å². The molecule has 0 unspecified atom stereocenters. The van der Waals surface area contributed by atoms with Gasteiger partial charge in [-0.05, 0) is 24.3 Å². The van der Waals surface area contributed by atoms with Crippen molar-refractivity contribution >= 4 is 35.0 Å². The SMILES string of the molecule is COc1cc(C(=O)NNC(=O)CCC(=O)Nc2ccccc2Cl)cc(OC)c1OC. The molecule has 0 aromatic heterocycles. The number of carbonyl (C=O) groups is 3. The number of hydrogen-bond donors (Lipinski definition) is 3. The number of nitrogens with one attached hydrogen (secondary N) is 3. The van der Waals surface area contributed by atoms with E-state index in [-0.39, 0.29) is 24.3 Å². The fraction of sp³-hybridized carbons (Fsp3) is 0.250. The first kappa shape index (κ1) is 22.8. The number of hydrazine groups is 1. The van der Waals surface area contributed by atoms with Gasteiger partial charge in [0.15, 0.2) is 11.5 Å². The van der Waals surface area contributed by atoms with E-state index in [2.05, 4.69) is 16.2 Å². The largest absolute Gasteiger partial charge is 0.493 e. The molecule has 0 saturated carbocycles. The number of amides is 3. The van der Waals surface area contributed by atoms with Gasteiger partial charge in [0.05, 0.1) is 32.0 Å². The van der Waals surface area contributed by atoms with Gasteiger partial charge in [0, 0.05) is 18.4 Å². The summed E-state index contributed by atoms with van der Waals surface area (Å²) >= 11 is 5.97. The van der Waals surface area contributed by atoms with E-state index in [9.17, 15) is 14.4 Å². The summed E-state index contributed by atoms with van der Waals surface area (Å²) in [5.74, 6) is -0.582. The molecule has 2 rings (SSSR count). The summed E-state index contributed by atoms with van der Waals surface area (Å²) in [7, 11) is 4.30. The molecule has 0 saturated heterocycles. The normalized spacial score (nSPS) is 10.0. The first-order valence-corrected chi connectivity index (χ1v) is 9.21. The number of halogens is 1. The molecule has 0 radical (unpaired) electrons. The number of hydrogen-bond acceptors (Lipinski definition) is 6. The average molecular weight is 436 g/mol. The Morgan fingerprint density at radius 3 is 2.03 bits per heavy atom. The Balaban J connectivity index is 1.88. The molecule has 2 aromatic carbocycles. The highest BCUT2D eigenvalue weighted by atomic mass is 35.5. The molecule has 160 valence electrons. The lowest BCUT2D eigenvalue weighted by Crippen LogP contribution is -2.41. The Morgan fingerprint density at radius 2 is 1.47 bits per heavy atom. The summed E-state index contributed by atoms with van der Waals surface area (Å²) in [4.78, 5) is 36.2. The molecule has 2 aromatic rings. The first-order valence-electron chi connectivity index (χ1n) is 8.83. The van der Waals surface area contributed by atoms with E-state index in [0.29, 0.717) is 28.0 Å². The van der Waals surface area contributed by atoms with E-state index < -0.39 is 11.8 Å². The van der Waals surface area contributed by atoms with Crippen molar-refractivity contribution in [1.29, 1.82) is 0 Å². The Bertz CT molecular complexity index is 910. The van der Waals surface area contributed by atoms with Crippen LogP contribution in [0.1, 0.15) is 23.2 Å². The number of carbonyl (C=O) groups excluding carboxylic acids is 3. The molecule has 0 bridgehead atoms. The van der Waals surface area contributed by atoms with Crippen LogP contribution in [0.3, 0.4) is 0 Å². The molecule has 0 fully saturated rings. The maximum Gasteiger partial charge on any atom is 0.269 e. The zero-order valence-electron chi connectivity index (χ0n) is 16.7. The molecule has 10 heteroatoms. The lowest BCUT2D eigenvalue weighted by atomic mass is 10.1. The van der Waals surface area contributed by atoms with Crippen LogP contribution in [0.4, 0.5) is 5.69 Å². The van der Waals surface area contributed by atoms with Gasteiger partial charge in [-0.3, -0.25) is 25.2 Å². The fourth-order valence-corrected chi connectivity index (χ4v) is 2.66. The summed E-state index contributed by atoms with van der Waals surface area (Å²) < 4.78 is 15.6. The third-order valence-corrected chi connectivity index (χ3v) is 4.30. The zero-order chi connectivity index (χ0) is 22.1. The molecular formula is C20H22ClN3O6. The van der Waals surface area contributed by atoms with Gasteiger partial charge >= 0.3 is 0 Å². The number of para-hydroxylation sites is 1. The van der Waals surface area contributed by atoms with Crippen molar-refractivity contribution in [3.8, 4) is 17.2 Å². The van der Waals surface area contributed by atoms with Crippen LogP contribution in [0.2, 0.25) is 5.02 Å². The maximum absolute atomic E-state index is 12.3. The van der Waals surface area contributed by atoms with E-state index in [1.54, 1.807) is 24.3 Å². The van der Waals surface area contributed by atoms with Gasteiger partial charge in [0.1, 0.15) is 0 Å². The molecule has 3 amide bonds. The molecule has 0 aliphatic heterocycles. The van der Waals surface area contributed by atoms with Crippen molar-refractivity contribution in [3.05, 3.63) is 47.0 Å². The number of rotatable bonds is 8. The van der Waals surface area contributed by atoms with Crippen molar-refractivity contribution in [1.82, 2.24) is 10.9 Å². The number of benzene rings is 2. The molecule has 0 aliphatic rings. The lowest BCUT2D eigenvalue weighted by Gasteiger charge is -2.14. The standard InChI is InChI=1S/C20H22ClN3O6/c1-28-15-10-12(11-16(29-2)19(15)30-3)20(27)24-23-18(26)9-8-17(25)22-14-7-5-4-6-13(14)21/h4-7,10-11H,8-9H2,1-3H3,(H,22,25)(H,23,26)(H,24,27). The van der Waals surface area contributed by atoms with Crippen LogP contribution < -0.4 is 30.4 Å². The number of anilines is 1. The van der Waals surface area contributed by atoms with E-state index in [0.717, 1.165) is 0 Å². The number of methoxy groups -OCH3 is 3. The third kappa shape index (κ3) is 6.02. The minimum atomic E-state index is -0.594. The van der Waals surface area contributed by atoms with Crippen LogP contribution in [-0.4, -0.2) is 39.1 Å². The van der Waals surface area contributed by atoms with Crippen molar-refractivity contribution < 1.29 is 28.6 Å². The van der Waals surface area contributed by atoms with Gasteiger partial charge in [-0.25, -0.2) is 0 Å². The Kier molecular flexibility index (Phi) is 8.30. The molecule has 3 N–H and O–H groups in total.